The highest BCUT2D eigenvalue weighted by molar-refractivity contribution is 5.76. The molecule has 0 bridgehead atoms. The fourth-order valence-electron chi connectivity index (χ4n) is 1.02. The van der Waals surface area contributed by atoms with Crippen molar-refractivity contribution in [2.75, 3.05) is 5.32 Å². The second-order valence-electron chi connectivity index (χ2n) is 3.16. The van der Waals surface area contributed by atoms with Crippen molar-refractivity contribution in [3.05, 3.63) is 23.4 Å². The summed E-state index contributed by atoms with van der Waals surface area (Å²) >= 11 is 0. The standard InChI is InChI=1S/C10H11N3O2/c1-6-3-4-8(5-11)9(12-6)13-7(2)10(14)15/h3-4,7H,1-2H3,(H,12,13)(H,14,15). The Bertz CT molecular complexity index is 423. The number of carboxylic acids is 1. The van der Waals surface area contributed by atoms with Crippen LogP contribution in [0.1, 0.15) is 18.2 Å². The molecule has 78 valence electrons. The van der Waals surface area contributed by atoms with Crippen LogP contribution < -0.4 is 5.32 Å². The third kappa shape index (κ3) is 2.68. The number of hydrogen-bond acceptors (Lipinski definition) is 4. The molecule has 5 nitrogen and oxygen atoms in total. The van der Waals surface area contributed by atoms with E-state index in [2.05, 4.69) is 10.3 Å². The summed E-state index contributed by atoms with van der Waals surface area (Å²) in [6.07, 6.45) is 0. The van der Waals surface area contributed by atoms with Crippen molar-refractivity contribution in [2.45, 2.75) is 19.9 Å². The molecule has 1 heterocycles. The van der Waals surface area contributed by atoms with Crippen molar-refractivity contribution < 1.29 is 9.90 Å². The van der Waals surface area contributed by atoms with Crippen LogP contribution in [0, 0.1) is 18.3 Å². The van der Waals surface area contributed by atoms with Crippen LogP contribution in [0.25, 0.3) is 0 Å². The highest BCUT2D eigenvalue weighted by Gasteiger charge is 2.13. The van der Waals surface area contributed by atoms with Gasteiger partial charge in [-0.25, -0.2) is 4.98 Å². The molecule has 0 saturated carbocycles. The zero-order valence-corrected chi connectivity index (χ0v) is 8.48. The summed E-state index contributed by atoms with van der Waals surface area (Å²) in [5.74, 6) is -0.672. The van der Waals surface area contributed by atoms with Crippen molar-refractivity contribution in [1.82, 2.24) is 4.98 Å². The average molecular weight is 205 g/mol. The number of aromatic nitrogens is 1. The number of anilines is 1. The van der Waals surface area contributed by atoms with Crippen LogP contribution in [0.2, 0.25) is 0 Å². The van der Waals surface area contributed by atoms with E-state index >= 15 is 0 Å². The highest BCUT2D eigenvalue weighted by Crippen LogP contribution is 2.13. The van der Waals surface area contributed by atoms with Gasteiger partial charge in [-0.15, -0.1) is 0 Å². The number of nitrogens with one attached hydrogen (secondary N) is 1. The summed E-state index contributed by atoms with van der Waals surface area (Å²) in [6, 6.07) is 4.49. The molecule has 0 aliphatic carbocycles. The van der Waals surface area contributed by atoms with Gasteiger partial charge in [0.2, 0.25) is 0 Å². The number of carbonyl (C=O) groups is 1. The minimum absolute atomic E-state index is 0.312. The largest absolute Gasteiger partial charge is 0.480 e. The van der Waals surface area contributed by atoms with Crippen molar-refractivity contribution in [1.29, 1.82) is 5.26 Å². The second-order valence-corrected chi connectivity index (χ2v) is 3.16. The van der Waals surface area contributed by atoms with Crippen LogP contribution in [0.4, 0.5) is 5.82 Å². The van der Waals surface area contributed by atoms with Gasteiger partial charge < -0.3 is 10.4 Å². The van der Waals surface area contributed by atoms with Crippen LogP contribution in [0.15, 0.2) is 12.1 Å². The van der Waals surface area contributed by atoms with Gasteiger partial charge in [0.1, 0.15) is 17.9 Å². The van der Waals surface area contributed by atoms with E-state index < -0.39 is 12.0 Å². The molecule has 0 spiro atoms. The van der Waals surface area contributed by atoms with E-state index in [9.17, 15) is 4.79 Å². The molecule has 0 saturated heterocycles. The van der Waals surface area contributed by atoms with E-state index in [4.69, 9.17) is 10.4 Å². The first-order valence-corrected chi connectivity index (χ1v) is 4.41. The molecule has 0 aliphatic rings. The van der Waals surface area contributed by atoms with Gasteiger partial charge in [-0.2, -0.15) is 5.26 Å². The maximum absolute atomic E-state index is 10.6. The SMILES string of the molecule is Cc1ccc(C#N)c(NC(C)C(=O)O)n1. The summed E-state index contributed by atoms with van der Waals surface area (Å²) in [5.41, 5.74) is 1.07. The Morgan fingerprint density at radius 1 is 1.67 bits per heavy atom. The van der Waals surface area contributed by atoms with Crippen molar-refractivity contribution in [3.63, 3.8) is 0 Å². The number of aryl methyl sites for hydroxylation is 1. The monoisotopic (exact) mass is 205 g/mol. The second kappa shape index (κ2) is 4.42. The maximum atomic E-state index is 10.6. The summed E-state index contributed by atoms with van der Waals surface area (Å²) in [5, 5.41) is 20.2. The predicted octanol–water partition coefficient (Wildman–Crippen LogP) is 1.15. The van der Waals surface area contributed by atoms with Crippen LogP contribution in [-0.4, -0.2) is 22.1 Å². The van der Waals surface area contributed by atoms with Crippen molar-refractivity contribution in [3.8, 4) is 6.07 Å². The molecule has 1 aromatic heterocycles. The smallest absolute Gasteiger partial charge is 0.325 e. The lowest BCUT2D eigenvalue weighted by Crippen LogP contribution is -2.26. The Balaban J connectivity index is 2.98. The lowest BCUT2D eigenvalue weighted by atomic mass is 10.2. The molecule has 5 heteroatoms. The Kier molecular flexibility index (Phi) is 3.24. The molecule has 0 aliphatic heterocycles. The van der Waals surface area contributed by atoms with Crippen LogP contribution in [0.3, 0.4) is 0 Å². The van der Waals surface area contributed by atoms with E-state index in [-0.39, 0.29) is 0 Å². The third-order valence-corrected chi connectivity index (χ3v) is 1.88. The summed E-state index contributed by atoms with van der Waals surface area (Å²) in [4.78, 5) is 14.7. The third-order valence-electron chi connectivity index (χ3n) is 1.88. The Morgan fingerprint density at radius 3 is 2.87 bits per heavy atom. The number of nitrogens with zero attached hydrogens (tertiary/aromatic N) is 2. The number of nitriles is 1. The van der Waals surface area contributed by atoms with Gasteiger partial charge in [-0.05, 0) is 26.0 Å². The molecule has 0 fully saturated rings. The fourth-order valence-corrected chi connectivity index (χ4v) is 1.02. The Labute approximate surface area is 87.4 Å². The molecular formula is C10H11N3O2. The van der Waals surface area contributed by atoms with E-state index in [0.717, 1.165) is 5.69 Å². The van der Waals surface area contributed by atoms with Crippen molar-refractivity contribution in [2.24, 2.45) is 0 Å². The van der Waals surface area contributed by atoms with Crippen molar-refractivity contribution >= 4 is 11.8 Å². The average Bonchev–Trinajstić information content (AvgIpc) is 2.18. The Hall–Kier alpha value is -2.09. The first kappa shape index (κ1) is 11.0. The lowest BCUT2D eigenvalue weighted by Gasteiger charge is -2.11. The zero-order chi connectivity index (χ0) is 11.4. The quantitative estimate of drug-likeness (QED) is 0.772. The van der Waals surface area contributed by atoms with Crippen LogP contribution in [0.5, 0.6) is 0 Å². The lowest BCUT2D eigenvalue weighted by molar-refractivity contribution is -0.137. The van der Waals surface area contributed by atoms with Gasteiger partial charge in [-0.3, -0.25) is 4.79 Å². The number of hydrogen-bond donors (Lipinski definition) is 2. The summed E-state index contributed by atoms with van der Waals surface area (Å²) < 4.78 is 0. The number of carboxylic acid groups (broad SMARTS) is 1. The normalized spacial score (nSPS) is 11.5. The van der Waals surface area contributed by atoms with Gasteiger partial charge in [0.15, 0.2) is 0 Å². The molecule has 2 N–H and O–H groups in total. The van der Waals surface area contributed by atoms with E-state index in [0.29, 0.717) is 11.4 Å². The highest BCUT2D eigenvalue weighted by atomic mass is 16.4. The molecule has 1 aromatic rings. The van der Waals surface area contributed by atoms with Gasteiger partial charge in [0, 0.05) is 5.69 Å². The van der Waals surface area contributed by atoms with Crippen LogP contribution >= 0.6 is 0 Å². The number of pyridine rings is 1. The van der Waals surface area contributed by atoms with E-state index in [1.54, 1.807) is 19.1 Å². The molecule has 0 aromatic carbocycles. The molecule has 1 atom stereocenters. The van der Waals surface area contributed by atoms with Gasteiger partial charge >= 0.3 is 5.97 Å². The topological polar surface area (TPSA) is 86.0 Å². The molecule has 0 radical (unpaired) electrons. The molecule has 1 rings (SSSR count). The predicted molar refractivity (Wildman–Crippen MR) is 54.4 cm³/mol. The fraction of sp³-hybridized carbons (Fsp3) is 0.300. The van der Waals surface area contributed by atoms with Gasteiger partial charge in [0.25, 0.3) is 0 Å². The van der Waals surface area contributed by atoms with Gasteiger partial charge in [-0.1, -0.05) is 0 Å². The molecule has 15 heavy (non-hydrogen) atoms. The number of rotatable bonds is 3. The zero-order valence-electron chi connectivity index (χ0n) is 8.48. The van der Waals surface area contributed by atoms with E-state index in [1.807, 2.05) is 6.07 Å². The summed E-state index contributed by atoms with van der Waals surface area (Å²) in [7, 11) is 0. The van der Waals surface area contributed by atoms with E-state index in [1.165, 1.54) is 6.92 Å². The summed E-state index contributed by atoms with van der Waals surface area (Å²) in [6.45, 7) is 3.27. The minimum atomic E-state index is -0.984. The minimum Gasteiger partial charge on any atom is -0.480 e. The van der Waals surface area contributed by atoms with Crippen LogP contribution in [-0.2, 0) is 4.79 Å². The molecule has 0 amide bonds. The first-order valence-electron chi connectivity index (χ1n) is 4.41. The van der Waals surface area contributed by atoms with Gasteiger partial charge in [0.05, 0.1) is 5.56 Å². The Morgan fingerprint density at radius 2 is 2.33 bits per heavy atom. The molecular weight excluding hydrogens is 194 g/mol. The maximum Gasteiger partial charge on any atom is 0.325 e. The first-order chi connectivity index (χ1) is 7.04. The number of aliphatic carboxylic acids is 1. The molecule has 1 unspecified atom stereocenters.